The van der Waals surface area contributed by atoms with Crippen LogP contribution >= 0.6 is 0 Å². The van der Waals surface area contributed by atoms with E-state index in [-0.39, 0.29) is 0 Å². The largest absolute Gasteiger partial charge is 0.340 e. The van der Waals surface area contributed by atoms with Crippen molar-refractivity contribution >= 4 is 117 Å². The van der Waals surface area contributed by atoms with Crippen molar-refractivity contribution in [2.75, 3.05) is 14.7 Å². The summed E-state index contributed by atoms with van der Waals surface area (Å²) < 4.78 is 8.33. The highest BCUT2D eigenvalue weighted by Crippen LogP contribution is 2.52. The lowest BCUT2D eigenvalue weighted by atomic mass is 10.0. The monoisotopic (exact) mass is 1100 g/mol. The molecule has 10 aromatic carbocycles. The first-order valence-electron chi connectivity index (χ1n) is 31.4. The normalized spacial score (nSPS) is 11.8. The number of hydrogen-bond acceptors (Lipinski definition) is 3. The summed E-state index contributed by atoms with van der Waals surface area (Å²) in [5, 5.41) is 7.93. The zero-order valence-corrected chi connectivity index (χ0v) is 49.3. The molecule has 0 aliphatic carbocycles. The van der Waals surface area contributed by atoms with Crippen LogP contribution in [0.5, 0.6) is 0 Å². The van der Waals surface area contributed by atoms with Gasteiger partial charge in [-0.25, -0.2) is 0 Å². The number of hydrogen-bond donors (Lipinski definition) is 0. The van der Waals surface area contributed by atoms with Gasteiger partial charge in [-0.1, -0.05) is 188 Å². The van der Waals surface area contributed by atoms with E-state index >= 15 is 0 Å². The number of aryl methyl sites for hydroxylation is 3. The minimum atomic E-state index is 0.925. The molecule has 0 fully saturated rings. The van der Waals surface area contributed by atoms with Crippen LogP contribution in [0.2, 0.25) is 0 Å². The molecule has 0 amide bonds. The Balaban J connectivity index is 1.22. The third kappa shape index (κ3) is 10.3. The van der Waals surface area contributed by atoms with Crippen molar-refractivity contribution in [1.82, 2.24) is 13.7 Å². The molecule has 0 unspecified atom stereocenters. The summed E-state index contributed by atoms with van der Waals surface area (Å²) in [6.07, 6.45) is 14.1. The predicted molar refractivity (Wildman–Crippen MR) is 362 cm³/mol. The summed E-state index contributed by atoms with van der Waals surface area (Å²) in [6, 6.07) is 87.9. The molecule has 3 heterocycles. The van der Waals surface area contributed by atoms with Crippen LogP contribution in [0.1, 0.15) is 97.8 Å². The molecule has 0 saturated heterocycles. The second kappa shape index (κ2) is 24.8. The fraction of sp³-hybridized carbons (Fsp3) is 0.231. The van der Waals surface area contributed by atoms with Crippen LogP contribution in [-0.2, 0) is 19.6 Å². The van der Waals surface area contributed by atoms with Crippen molar-refractivity contribution in [1.29, 1.82) is 0 Å². The lowest BCUT2D eigenvalue weighted by Crippen LogP contribution is -2.09. The Labute approximate surface area is 496 Å². The number of nitrogens with zero attached hydrogens (tertiary/aromatic N) is 6. The molecule has 0 N–H and O–H groups in total. The molecule has 0 spiro atoms. The SMILES string of the molecule is CCCCCCn1c2ccc(N(c3ccccc3)c3ccccc3)cc2c2c1c1c3cc(N(c4ccccc4)c4ccccc4)ccc3n(CCCCCC)c1c1c3cc(N(c4ccccc4)c4ccccc4)ccc3n(CCCCCC)c21. The molecule has 84 heavy (non-hydrogen) atoms. The summed E-state index contributed by atoms with van der Waals surface area (Å²) in [6.45, 7) is 9.77. The average Bonchev–Trinajstić information content (AvgIpc) is 1.67. The third-order valence-electron chi connectivity index (χ3n) is 17.4. The van der Waals surface area contributed by atoms with Gasteiger partial charge in [-0.3, -0.25) is 0 Å². The fourth-order valence-corrected chi connectivity index (χ4v) is 13.5. The van der Waals surface area contributed by atoms with Gasteiger partial charge in [0.2, 0.25) is 0 Å². The molecule has 0 atom stereocenters. The van der Waals surface area contributed by atoms with Crippen LogP contribution in [0.3, 0.4) is 0 Å². The van der Waals surface area contributed by atoms with Crippen LogP contribution in [-0.4, -0.2) is 13.7 Å². The van der Waals surface area contributed by atoms with E-state index in [0.717, 1.165) is 90.1 Å². The number of aromatic nitrogens is 3. The Bertz CT molecular complexity index is 3720. The molecule has 0 radical (unpaired) electrons. The number of anilines is 9. The lowest BCUT2D eigenvalue weighted by molar-refractivity contribution is 0.600. The van der Waals surface area contributed by atoms with Gasteiger partial charge in [0.25, 0.3) is 0 Å². The van der Waals surface area contributed by atoms with Gasteiger partial charge in [-0.2, -0.15) is 0 Å². The quantitative estimate of drug-likeness (QED) is 0.0564. The number of fused-ring (bicyclic) bond motifs is 12. The maximum absolute atomic E-state index is 2.78. The number of para-hydroxylation sites is 6. The van der Waals surface area contributed by atoms with Crippen LogP contribution < -0.4 is 14.7 Å². The van der Waals surface area contributed by atoms with E-state index in [0.29, 0.717) is 0 Å². The second-order valence-corrected chi connectivity index (χ2v) is 22.9. The number of benzene rings is 10. The number of rotatable bonds is 24. The smallest absolute Gasteiger partial charge is 0.0614 e. The topological polar surface area (TPSA) is 24.5 Å². The van der Waals surface area contributed by atoms with E-state index in [4.69, 9.17) is 0 Å². The molecule has 13 rings (SSSR count). The van der Waals surface area contributed by atoms with Gasteiger partial charge in [0.05, 0.1) is 16.6 Å². The molecule has 6 heteroatoms. The molecule has 13 aromatic rings. The Morgan fingerprint density at radius 2 is 0.464 bits per heavy atom. The molecular formula is C78H78N6. The van der Waals surface area contributed by atoms with Crippen molar-refractivity contribution < 1.29 is 0 Å². The first-order valence-corrected chi connectivity index (χ1v) is 31.4. The lowest BCUT2D eigenvalue weighted by Gasteiger charge is -2.25. The Kier molecular flexibility index (Phi) is 16.0. The Hall–Kier alpha value is -9.00. The van der Waals surface area contributed by atoms with Crippen molar-refractivity contribution in [2.24, 2.45) is 0 Å². The van der Waals surface area contributed by atoms with Crippen molar-refractivity contribution in [3.63, 3.8) is 0 Å². The maximum atomic E-state index is 2.78. The van der Waals surface area contributed by atoms with E-state index < -0.39 is 0 Å². The minimum Gasteiger partial charge on any atom is -0.340 e. The molecule has 0 aliphatic heterocycles. The van der Waals surface area contributed by atoms with Crippen molar-refractivity contribution in [2.45, 2.75) is 117 Å². The van der Waals surface area contributed by atoms with Crippen molar-refractivity contribution in [3.8, 4) is 0 Å². The van der Waals surface area contributed by atoms with Gasteiger partial charge in [0.15, 0.2) is 0 Å². The summed E-state index contributed by atoms with van der Waals surface area (Å²) in [5.74, 6) is 0. The minimum absolute atomic E-state index is 0.925. The summed E-state index contributed by atoms with van der Waals surface area (Å²) in [7, 11) is 0. The van der Waals surface area contributed by atoms with E-state index in [2.05, 4.69) is 286 Å². The third-order valence-corrected chi connectivity index (χ3v) is 17.4. The number of unbranched alkanes of at least 4 members (excludes halogenated alkanes) is 9. The molecule has 420 valence electrons. The predicted octanol–water partition coefficient (Wildman–Crippen LogP) is 23.2. The maximum Gasteiger partial charge on any atom is 0.0614 e. The van der Waals surface area contributed by atoms with Gasteiger partial charge in [0.1, 0.15) is 0 Å². The van der Waals surface area contributed by atoms with Crippen LogP contribution in [0.15, 0.2) is 237 Å². The van der Waals surface area contributed by atoms with Gasteiger partial charge in [-0.15, -0.1) is 0 Å². The van der Waals surface area contributed by atoms with E-state index in [1.807, 2.05) is 0 Å². The molecule has 3 aromatic heterocycles. The van der Waals surface area contributed by atoms with Crippen LogP contribution in [0.4, 0.5) is 51.2 Å². The molecule has 0 aliphatic rings. The first-order chi connectivity index (χ1) is 41.6. The Morgan fingerprint density at radius 3 is 0.679 bits per heavy atom. The highest BCUT2D eigenvalue weighted by atomic mass is 15.2. The van der Waals surface area contributed by atoms with Gasteiger partial charge >= 0.3 is 0 Å². The molecule has 0 saturated carbocycles. The standard InChI is InChI=1S/C78H78N6/c1-4-7-10-31-52-79-70-49-46-64(82(58-34-19-13-20-35-58)59-36-21-14-22-37-59)55-67(70)73-76(79)74-68-56-65(83(60-38-23-15-24-39-60)61-40-25-16-26-41-61)47-50-71(68)80(53-32-11-8-5-2)78(74)75-69-57-66(48-51-72(69)81(77(73)75)54-33-12-9-6-3)84(62-42-27-17-28-43-62)63-44-29-18-30-45-63/h13-30,34-51,55-57H,4-12,31-33,52-54H2,1-3H3. The zero-order valence-electron chi connectivity index (χ0n) is 49.3. The highest BCUT2D eigenvalue weighted by Gasteiger charge is 2.30. The first kappa shape index (κ1) is 54.3. The van der Waals surface area contributed by atoms with Crippen LogP contribution in [0.25, 0.3) is 65.4 Å². The summed E-state index contributed by atoms with van der Waals surface area (Å²) >= 11 is 0. The zero-order chi connectivity index (χ0) is 56.8. The summed E-state index contributed by atoms with van der Waals surface area (Å²) in [4.78, 5) is 7.35. The Morgan fingerprint density at radius 1 is 0.238 bits per heavy atom. The van der Waals surface area contributed by atoms with Gasteiger partial charge in [0, 0.05) is 120 Å². The van der Waals surface area contributed by atoms with Crippen molar-refractivity contribution in [3.05, 3.63) is 237 Å². The van der Waals surface area contributed by atoms with E-state index in [1.54, 1.807) is 0 Å². The second-order valence-electron chi connectivity index (χ2n) is 22.9. The molecule has 6 nitrogen and oxygen atoms in total. The van der Waals surface area contributed by atoms with Gasteiger partial charge < -0.3 is 28.4 Å². The molecular weight excluding hydrogens is 1020 g/mol. The van der Waals surface area contributed by atoms with E-state index in [9.17, 15) is 0 Å². The van der Waals surface area contributed by atoms with E-state index in [1.165, 1.54) is 123 Å². The van der Waals surface area contributed by atoms with Crippen LogP contribution in [0, 0.1) is 0 Å². The summed E-state index contributed by atoms with van der Waals surface area (Å²) in [5.41, 5.74) is 18.2. The fourth-order valence-electron chi connectivity index (χ4n) is 13.5. The molecule has 0 bridgehead atoms. The van der Waals surface area contributed by atoms with Gasteiger partial charge in [-0.05, 0) is 147 Å². The highest BCUT2D eigenvalue weighted by molar-refractivity contribution is 6.40. The average molecular weight is 1100 g/mol.